The highest BCUT2D eigenvalue weighted by Gasteiger charge is 2.44. The molecule has 0 aromatic carbocycles. The summed E-state index contributed by atoms with van der Waals surface area (Å²) in [7, 11) is 0. The van der Waals surface area contributed by atoms with Gasteiger partial charge >= 0.3 is 0 Å². The molecule has 7 atom stereocenters. The first-order valence-corrected chi connectivity index (χ1v) is 20.7. The lowest BCUT2D eigenvalue weighted by Gasteiger charge is -2.40. The van der Waals surface area contributed by atoms with Crippen molar-refractivity contribution < 1.29 is 39.8 Å². The maximum absolute atomic E-state index is 12.9. The molecule has 0 aromatic rings. The molecule has 1 rings (SSSR count). The van der Waals surface area contributed by atoms with Crippen LogP contribution in [0.25, 0.3) is 0 Å². The lowest BCUT2D eigenvalue weighted by atomic mass is 9.99. The molecule has 0 saturated carbocycles. The summed E-state index contributed by atoms with van der Waals surface area (Å²) in [6, 6.07) is -0.709. The third-order valence-electron chi connectivity index (χ3n) is 10.2. The number of amides is 1. The third-order valence-corrected chi connectivity index (χ3v) is 10.2. The summed E-state index contributed by atoms with van der Waals surface area (Å²) < 4.78 is 11.2. The van der Waals surface area contributed by atoms with Crippen LogP contribution in [-0.4, -0.2) is 87.5 Å². The van der Waals surface area contributed by atoms with Crippen LogP contribution in [0, 0.1) is 0 Å². The number of unbranched alkanes of at least 4 members (excludes halogenated alkanes) is 24. The van der Waals surface area contributed by atoms with E-state index in [1.807, 2.05) is 0 Å². The third kappa shape index (κ3) is 23.4. The molecule has 1 aliphatic heterocycles. The van der Waals surface area contributed by atoms with Gasteiger partial charge in [0, 0.05) is 6.42 Å². The van der Waals surface area contributed by atoms with Crippen LogP contribution in [0.2, 0.25) is 0 Å². The minimum Gasteiger partial charge on any atom is -0.394 e. The van der Waals surface area contributed by atoms with Gasteiger partial charge in [-0.1, -0.05) is 174 Å². The first-order valence-electron chi connectivity index (χ1n) is 20.7. The van der Waals surface area contributed by atoms with Crippen molar-refractivity contribution in [3.05, 3.63) is 0 Å². The van der Waals surface area contributed by atoms with Crippen molar-refractivity contribution in [2.24, 2.45) is 0 Å². The monoisotopic (exact) mass is 702 g/mol. The van der Waals surface area contributed by atoms with Gasteiger partial charge < -0.3 is 40.3 Å². The van der Waals surface area contributed by atoms with Gasteiger partial charge in [-0.3, -0.25) is 4.79 Å². The van der Waals surface area contributed by atoms with Crippen molar-refractivity contribution >= 4 is 5.91 Å². The maximum atomic E-state index is 12.9. The van der Waals surface area contributed by atoms with E-state index >= 15 is 0 Å². The number of ether oxygens (including phenoxy) is 2. The predicted molar refractivity (Wildman–Crippen MR) is 198 cm³/mol. The molecule has 9 nitrogen and oxygen atoms in total. The van der Waals surface area contributed by atoms with Gasteiger partial charge in [0.25, 0.3) is 0 Å². The Morgan fingerprint density at radius 3 is 1.45 bits per heavy atom. The number of aliphatic hydroxyl groups excluding tert-OH is 5. The molecule has 0 bridgehead atoms. The number of nitrogens with one attached hydrogen (secondary N) is 1. The Hall–Kier alpha value is -0.810. The van der Waals surface area contributed by atoms with Crippen molar-refractivity contribution in [2.45, 2.75) is 236 Å². The summed E-state index contributed by atoms with van der Waals surface area (Å²) in [4.78, 5) is 12.9. The van der Waals surface area contributed by atoms with Gasteiger partial charge in [-0.15, -0.1) is 0 Å². The molecular formula is C40H79NO8. The van der Waals surface area contributed by atoms with Crippen LogP contribution >= 0.6 is 0 Å². The molecule has 1 amide bonds. The number of aliphatic hydroxyl groups is 5. The van der Waals surface area contributed by atoms with Crippen LogP contribution in [0.4, 0.5) is 0 Å². The summed E-state index contributed by atoms with van der Waals surface area (Å²) in [6.07, 6.45) is 25.3. The Kier molecular flexibility index (Phi) is 30.1. The molecule has 0 radical (unpaired) electrons. The molecule has 292 valence electrons. The second-order valence-corrected chi connectivity index (χ2v) is 14.8. The van der Waals surface area contributed by atoms with E-state index in [4.69, 9.17) is 9.47 Å². The van der Waals surface area contributed by atoms with Gasteiger partial charge in [-0.25, -0.2) is 0 Å². The predicted octanol–water partition coefficient (Wildman–Crippen LogP) is 7.61. The average molecular weight is 702 g/mol. The lowest BCUT2D eigenvalue weighted by Crippen LogP contribution is -2.60. The standard InChI is InChI=1S/C40H79NO8/c1-3-5-7-9-11-13-15-17-19-21-23-25-27-29-34(43)33(32-48-40-39(47)38(46)37(45)35(31-42)49-40)41-36(44)30-28-26-24-22-20-18-16-14-12-10-8-6-4-2/h33-35,37-40,42-43,45-47H,3-32H2,1-2H3,(H,41,44)/t33-,34-,35-,37-,38+,39-,40-/m0/s1. The van der Waals surface area contributed by atoms with Crippen LogP contribution in [0.5, 0.6) is 0 Å². The first-order chi connectivity index (χ1) is 23.8. The number of hydrogen-bond acceptors (Lipinski definition) is 8. The average Bonchev–Trinajstić information content (AvgIpc) is 3.10. The van der Waals surface area contributed by atoms with Crippen LogP contribution in [0.3, 0.4) is 0 Å². The molecule has 49 heavy (non-hydrogen) atoms. The number of carbonyl (C=O) groups is 1. The summed E-state index contributed by atoms with van der Waals surface area (Å²) in [5.74, 6) is -0.144. The number of rotatable bonds is 34. The van der Waals surface area contributed by atoms with Gasteiger partial charge in [0.05, 0.1) is 25.4 Å². The Morgan fingerprint density at radius 2 is 1.02 bits per heavy atom. The molecule has 6 N–H and O–H groups in total. The Bertz CT molecular complexity index is 741. The minimum atomic E-state index is -1.55. The Labute approximate surface area is 300 Å². The van der Waals surface area contributed by atoms with Crippen molar-refractivity contribution in [3.8, 4) is 0 Å². The van der Waals surface area contributed by atoms with Crippen molar-refractivity contribution in [1.29, 1.82) is 0 Å². The van der Waals surface area contributed by atoms with Gasteiger partial charge in [0.2, 0.25) is 5.91 Å². The fourth-order valence-electron chi connectivity index (χ4n) is 6.81. The minimum absolute atomic E-state index is 0.132. The van der Waals surface area contributed by atoms with Crippen molar-refractivity contribution in [3.63, 3.8) is 0 Å². The zero-order valence-corrected chi connectivity index (χ0v) is 31.7. The van der Waals surface area contributed by atoms with Gasteiger partial charge in [-0.2, -0.15) is 0 Å². The van der Waals surface area contributed by atoms with Crippen molar-refractivity contribution in [2.75, 3.05) is 13.2 Å². The molecule has 1 saturated heterocycles. The largest absolute Gasteiger partial charge is 0.394 e. The van der Waals surface area contributed by atoms with E-state index in [2.05, 4.69) is 19.2 Å². The highest BCUT2D eigenvalue weighted by Crippen LogP contribution is 2.23. The molecular weight excluding hydrogens is 622 g/mol. The molecule has 1 fully saturated rings. The van der Waals surface area contributed by atoms with Gasteiger partial charge in [0.1, 0.15) is 24.4 Å². The zero-order chi connectivity index (χ0) is 36.0. The smallest absolute Gasteiger partial charge is 0.220 e. The van der Waals surface area contributed by atoms with Gasteiger partial charge in [0.15, 0.2) is 6.29 Å². The van der Waals surface area contributed by atoms with E-state index < -0.39 is 49.5 Å². The van der Waals surface area contributed by atoms with E-state index in [0.29, 0.717) is 12.8 Å². The topological polar surface area (TPSA) is 149 Å². The first kappa shape index (κ1) is 46.2. The highest BCUT2D eigenvalue weighted by molar-refractivity contribution is 5.76. The molecule has 0 spiro atoms. The number of hydrogen-bond donors (Lipinski definition) is 6. The molecule has 0 unspecified atom stereocenters. The molecule has 1 heterocycles. The van der Waals surface area contributed by atoms with Crippen LogP contribution < -0.4 is 5.32 Å². The van der Waals surface area contributed by atoms with E-state index in [1.54, 1.807) is 0 Å². The van der Waals surface area contributed by atoms with E-state index in [0.717, 1.165) is 38.5 Å². The lowest BCUT2D eigenvalue weighted by molar-refractivity contribution is -0.302. The fraction of sp³-hybridized carbons (Fsp3) is 0.975. The Balaban J connectivity index is 2.38. The summed E-state index contributed by atoms with van der Waals surface area (Å²) in [6.45, 7) is 3.82. The Morgan fingerprint density at radius 1 is 0.612 bits per heavy atom. The van der Waals surface area contributed by atoms with Crippen molar-refractivity contribution in [1.82, 2.24) is 5.32 Å². The second-order valence-electron chi connectivity index (χ2n) is 14.8. The molecule has 0 aromatic heterocycles. The fourth-order valence-corrected chi connectivity index (χ4v) is 6.81. The van der Waals surface area contributed by atoms with Crippen LogP contribution in [-0.2, 0) is 14.3 Å². The van der Waals surface area contributed by atoms with E-state index in [1.165, 1.54) is 128 Å². The quantitative estimate of drug-likeness (QED) is 0.0376. The number of carbonyl (C=O) groups excluding carboxylic acids is 1. The van der Waals surface area contributed by atoms with Crippen LogP contribution in [0.15, 0.2) is 0 Å². The molecule has 1 aliphatic rings. The zero-order valence-electron chi connectivity index (χ0n) is 31.7. The van der Waals surface area contributed by atoms with E-state index in [9.17, 15) is 30.3 Å². The maximum Gasteiger partial charge on any atom is 0.220 e. The van der Waals surface area contributed by atoms with Gasteiger partial charge in [-0.05, 0) is 12.8 Å². The van der Waals surface area contributed by atoms with E-state index in [-0.39, 0.29) is 12.5 Å². The SMILES string of the molecule is CCCCCCCCCCCCCCCC(=O)N[C@@H](CO[C@H]1O[C@@H](CO)[C@H](O)[C@@H](O)[C@@H]1O)[C@@H](O)CCCCCCCCCCCCCCC. The summed E-state index contributed by atoms with van der Waals surface area (Å²) >= 11 is 0. The molecule has 0 aliphatic carbocycles. The van der Waals surface area contributed by atoms with Crippen LogP contribution in [0.1, 0.15) is 194 Å². The summed E-state index contributed by atoms with van der Waals surface area (Å²) in [5.41, 5.74) is 0. The summed E-state index contributed by atoms with van der Waals surface area (Å²) in [5, 5.41) is 54.1. The second kappa shape index (κ2) is 31.9. The normalized spacial score (nSPS) is 22.3. The highest BCUT2D eigenvalue weighted by atomic mass is 16.7. The molecule has 9 heteroatoms.